The van der Waals surface area contributed by atoms with Crippen LogP contribution in [0, 0.1) is 3.57 Å². The predicted molar refractivity (Wildman–Crippen MR) is 92.0 cm³/mol. The molecule has 6 heteroatoms. The summed E-state index contributed by atoms with van der Waals surface area (Å²) >= 11 is 4.47. The van der Waals surface area contributed by atoms with Crippen molar-refractivity contribution in [1.82, 2.24) is 5.32 Å². The summed E-state index contributed by atoms with van der Waals surface area (Å²) < 4.78 is 12.7. The molecule has 1 N–H and O–H groups in total. The molecule has 1 amide bonds. The summed E-state index contributed by atoms with van der Waals surface area (Å²) in [6.07, 6.45) is 0. The van der Waals surface area contributed by atoms with Crippen molar-refractivity contribution in [3.8, 4) is 0 Å². The number of rotatable bonds is 9. The van der Waals surface area contributed by atoms with E-state index in [0.29, 0.717) is 31.9 Å². The summed E-state index contributed by atoms with van der Waals surface area (Å²) in [7, 11) is 0. The van der Waals surface area contributed by atoms with Crippen molar-refractivity contribution in [2.75, 3.05) is 37.4 Å². The quantitative estimate of drug-likeness (QED) is 0.330. The maximum absolute atomic E-state index is 11.7. The number of benzene rings is 1. The lowest BCUT2D eigenvalue weighted by atomic mass is 10.2. The van der Waals surface area contributed by atoms with Gasteiger partial charge >= 0.3 is 0 Å². The smallest absolute Gasteiger partial charge is 0.251 e. The van der Waals surface area contributed by atoms with E-state index in [9.17, 15) is 4.79 Å². The standard InChI is InChI=1S/C13H17I2NO3/c14-5-7-18-9-10-19-8-6-16-13(17)11-1-3-12(15)4-2-11/h1-4H,5-10H2,(H,16,17). The van der Waals surface area contributed by atoms with Crippen molar-refractivity contribution in [3.63, 3.8) is 0 Å². The van der Waals surface area contributed by atoms with E-state index in [1.165, 1.54) is 0 Å². The molecule has 0 atom stereocenters. The number of carbonyl (C=O) groups excluding carboxylic acids is 1. The van der Waals surface area contributed by atoms with Crippen LogP contribution in [0.15, 0.2) is 24.3 Å². The third-order valence-corrected chi connectivity index (χ3v) is 3.39. The first-order chi connectivity index (χ1) is 9.24. The summed E-state index contributed by atoms with van der Waals surface area (Å²) in [5, 5.41) is 2.81. The number of alkyl halides is 1. The van der Waals surface area contributed by atoms with Crippen molar-refractivity contribution >= 4 is 51.1 Å². The number of halogens is 2. The van der Waals surface area contributed by atoms with Gasteiger partial charge in [-0.05, 0) is 46.9 Å². The van der Waals surface area contributed by atoms with Gasteiger partial charge < -0.3 is 14.8 Å². The van der Waals surface area contributed by atoms with Gasteiger partial charge in [-0.1, -0.05) is 22.6 Å². The summed E-state index contributed by atoms with van der Waals surface area (Å²) in [6, 6.07) is 7.46. The van der Waals surface area contributed by atoms with Gasteiger partial charge in [0, 0.05) is 20.1 Å². The van der Waals surface area contributed by atoms with Gasteiger partial charge in [0.15, 0.2) is 0 Å². The first-order valence-electron chi connectivity index (χ1n) is 5.99. The van der Waals surface area contributed by atoms with Gasteiger partial charge in [-0.3, -0.25) is 4.79 Å². The molecule has 1 rings (SSSR count). The first-order valence-corrected chi connectivity index (χ1v) is 8.59. The maximum atomic E-state index is 11.7. The highest BCUT2D eigenvalue weighted by atomic mass is 127. The molecule has 0 aliphatic heterocycles. The minimum absolute atomic E-state index is 0.0684. The van der Waals surface area contributed by atoms with E-state index in [4.69, 9.17) is 9.47 Å². The van der Waals surface area contributed by atoms with Crippen molar-refractivity contribution in [3.05, 3.63) is 33.4 Å². The van der Waals surface area contributed by atoms with E-state index < -0.39 is 0 Å². The van der Waals surface area contributed by atoms with Gasteiger partial charge in [0.25, 0.3) is 5.91 Å². The third-order valence-electron chi connectivity index (χ3n) is 2.23. The SMILES string of the molecule is O=C(NCCOCCOCCI)c1ccc(I)cc1. The van der Waals surface area contributed by atoms with Crippen LogP contribution in [0.25, 0.3) is 0 Å². The van der Waals surface area contributed by atoms with Crippen LogP contribution in [0.5, 0.6) is 0 Å². The van der Waals surface area contributed by atoms with E-state index >= 15 is 0 Å². The topological polar surface area (TPSA) is 47.6 Å². The van der Waals surface area contributed by atoms with Crippen molar-refractivity contribution in [2.24, 2.45) is 0 Å². The second-order valence-corrected chi connectivity index (χ2v) is 6.00. The van der Waals surface area contributed by atoms with E-state index in [1.807, 2.05) is 24.3 Å². The Morgan fingerprint density at radius 1 is 1.05 bits per heavy atom. The van der Waals surface area contributed by atoms with Gasteiger partial charge in [-0.25, -0.2) is 0 Å². The first kappa shape index (κ1) is 17.1. The number of nitrogens with one attached hydrogen (secondary N) is 1. The van der Waals surface area contributed by atoms with Crippen molar-refractivity contribution in [2.45, 2.75) is 0 Å². The molecule has 106 valence electrons. The van der Waals surface area contributed by atoms with E-state index in [0.717, 1.165) is 14.6 Å². The molecular weight excluding hydrogens is 472 g/mol. The number of ether oxygens (including phenoxy) is 2. The van der Waals surface area contributed by atoms with Gasteiger partial charge in [-0.15, -0.1) is 0 Å². The fourth-order valence-electron chi connectivity index (χ4n) is 1.32. The predicted octanol–water partition coefficient (Wildman–Crippen LogP) is 2.49. The Balaban J connectivity index is 2.06. The molecule has 19 heavy (non-hydrogen) atoms. The average molecular weight is 489 g/mol. The molecule has 4 nitrogen and oxygen atoms in total. The molecule has 0 spiro atoms. The maximum Gasteiger partial charge on any atom is 0.251 e. The van der Waals surface area contributed by atoms with Crippen LogP contribution in [-0.4, -0.2) is 43.3 Å². The van der Waals surface area contributed by atoms with Gasteiger partial charge in [0.2, 0.25) is 0 Å². The highest BCUT2D eigenvalue weighted by Gasteiger charge is 2.03. The number of amides is 1. The van der Waals surface area contributed by atoms with Crippen LogP contribution in [0.1, 0.15) is 10.4 Å². The molecule has 1 aromatic carbocycles. The lowest BCUT2D eigenvalue weighted by molar-refractivity contribution is 0.0546. The second-order valence-electron chi connectivity index (χ2n) is 3.68. The van der Waals surface area contributed by atoms with Gasteiger partial charge in [-0.2, -0.15) is 0 Å². The summed E-state index contributed by atoms with van der Waals surface area (Å²) in [6.45, 7) is 2.94. The molecule has 0 saturated carbocycles. The zero-order chi connectivity index (χ0) is 13.9. The highest BCUT2D eigenvalue weighted by molar-refractivity contribution is 14.1. The minimum atomic E-state index is -0.0684. The molecule has 0 aliphatic carbocycles. The summed E-state index contributed by atoms with van der Waals surface area (Å²) in [4.78, 5) is 11.7. The van der Waals surface area contributed by atoms with Crippen LogP contribution in [-0.2, 0) is 9.47 Å². The largest absolute Gasteiger partial charge is 0.378 e. The minimum Gasteiger partial charge on any atom is -0.378 e. The Labute approximate surface area is 140 Å². The Morgan fingerprint density at radius 3 is 2.32 bits per heavy atom. The molecule has 0 aromatic heterocycles. The van der Waals surface area contributed by atoms with Crippen LogP contribution in [0.4, 0.5) is 0 Å². The molecule has 0 aliphatic rings. The Kier molecular flexibility index (Phi) is 9.74. The van der Waals surface area contributed by atoms with Gasteiger partial charge in [0.1, 0.15) is 0 Å². The number of hydrogen-bond acceptors (Lipinski definition) is 3. The van der Waals surface area contributed by atoms with Crippen LogP contribution in [0.2, 0.25) is 0 Å². The molecule has 0 heterocycles. The van der Waals surface area contributed by atoms with Crippen LogP contribution in [0.3, 0.4) is 0 Å². The summed E-state index contributed by atoms with van der Waals surface area (Å²) in [5.74, 6) is -0.0684. The van der Waals surface area contributed by atoms with Gasteiger partial charge in [0.05, 0.1) is 26.4 Å². The molecular formula is C13H17I2NO3. The lowest BCUT2D eigenvalue weighted by Crippen LogP contribution is -2.27. The number of carbonyl (C=O) groups is 1. The molecule has 0 bridgehead atoms. The summed E-state index contributed by atoms with van der Waals surface area (Å²) in [5.41, 5.74) is 0.672. The normalized spacial score (nSPS) is 10.4. The lowest BCUT2D eigenvalue weighted by Gasteiger charge is -2.07. The molecule has 1 aromatic rings. The van der Waals surface area contributed by atoms with E-state index in [-0.39, 0.29) is 5.91 Å². The molecule has 0 saturated heterocycles. The van der Waals surface area contributed by atoms with Crippen molar-refractivity contribution in [1.29, 1.82) is 0 Å². The molecule has 0 radical (unpaired) electrons. The Hall–Kier alpha value is 0.0700. The van der Waals surface area contributed by atoms with E-state index in [2.05, 4.69) is 50.5 Å². The second kappa shape index (κ2) is 10.8. The monoisotopic (exact) mass is 489 g/mol. The van der Waals surface area contributed by atoms with Crippen molar-refractivity contribution < 1.29 is 14.3 Å². The van der Waals surface area contributed by atoms with Crippen LogP contribution < -0.4 is 5.32 Å². The van der Waals surface area contributed by atoms with E-state index in [1.54, 1.807) is 0 Å². The van der Waals surface area contributed by atoms with Crippen LogP contribution >= 0.6 is 45.2 Å². The average Bonchev–Trinajstić information content (AvgIpc) is 2.42. The highest BCUT2D eigenvalue weighted by Crippen LogP contribution is 2.06. The Bertz CT molecular complexity index is 371. The molecule has 0 unspecified atom stereocenters. The zero-order valence-corrected chi connectivity index (χ0v) is 14.8. The Morgan fingerprint density at radius 2 is 1.68 bits per heavy atom. The zero-order valence-electron chi connectivity index (χ0n) is 10.5. The molecule has 0 fully saturated rings. The fourth-order valence-corrected chi connectivity index (χ4v) is 1.99. The fraction of sp³-hybridized carbons (Fsp3) is 0.462. The third kappa shape index (κ3) is 8.05. The number of hydrogen-bond donors (Lipinski definition) is 1.